The third kappa shape index (κ3) is 10.7. The largest absolute Gasteiger partial charge is 0.504 e. The van der Waals surface area contributed by atoms with E-state index in [1.807, 2.05) is 18.2 Å². The molecule has 7 nitrogen and oxygen atoms in total. The van der Waals surface area contributed by atoms with Gasteiger partial charge in [-0.25, -0.2) is 4.99 Å². The van der Waals surface area contributed by atoms with Crippen LogP contribution in [0.5, 0.6) is 11.5 Å². The minimum atomic E-state index is -0.290. The molecule has 52 heavy (non-hydrogen) atoms. The number of guanidine groups is 1. The van der Waals surface area contributed by atoms with Crippen LogP contribution in [0.2, 0.25) is 0 Å². The number of hydrogen-bond donors (Lipinski definition) is 3. The van der Waals surface area contributed by atoms with Gasteiger partial charge in [0.05, 0.1) is 18.1 Å². The minimum Gasteiger partial charge on any atom is -0.504 e. The number of nitrogens with two attached hydrogens (primary N) is 2. The second-order valence-electron chi connectivity index (χ2n) is 15.2. The second-order valence-corrected chi connectivity index (χ2v) is 15.2. The fourth-order valence-corrected chi connectivity index (χ4v) is 8.24. The number of aliphatic imine (C=N–C) groups is 1. The number of carbonyl (C=O) groups excluding carboxylic acids is 1. The Balaban J connectivity index is 1.75. The summed E-state index contributed by atoms with van der Waals surface area (Å²) in [5.41, 5.74) is 16.0. The molecule has 0 aromatic heterocycles. The quantitative estimate of drug-likeness (QED) is 0.0841. The first-order chi connectivity index (χ1) is 25.3. The summed E-state index contributed by atoms with van der Waals surface area (Å²) in [6.07, 6.45) is 15.3. The number of nitrogens with zero attached hydrogens (tertiary/aromatic N) is 1. The van der Waals surface area contributed by atoms with Crippen molar-refractivity contribution >= 4 is 11.7 Å². The van der Waals surface area contributed by atoms with Crippen molar-refractivity contribution in [2.75, 3.05) is 13.7 Å². The molecular formula is C45H59N3O4. The number of ether oxygens (including phenoxy) is 2. The van der Waals surface area contributed by atoms with Crippen LogP contribution in [0.4, 0.5) is 0 Å². The number of aromatic hydroxyl groups is 1. The van der Waals surface area contributed by atoms with Gasteiger partial charge in [-0.2, -0.15) is 0 Å². The maximum atomic E-state index is 13.1. The predicted octanol–water partition coefficient (Wildman–Crippen LogP) is 8.00. The van der Waals surface area contributed by atoms with E-state index in [4.69, 9.17) is 25.9 Å². The first kappa shape index (κ1) is 39.0. The van der Waals surface area contributed by atoms with Gasteiger partial charge in [0.25, 0.3) is 0 Å². The smallest absolute Gasteiger partial charge is 0.186 e. The molecule has 0 heterocycles. The highest BCUT2D eigenvalue weighted by Crippen LogP contribution is 2.47. The van der Waals surface area contributed by atoms with Gasteiger partial charge < -0.3 is 26.0 Å². The molecule has 1 saturated carbocycles. The number of unbranched alkanes of at least 4 members (excludes halogenated alkanes) is 1. The van der Waals surface area contributed by atoms with Crippen LogP contribution in [-0.4, -0.2) is 42.7 Å². The lowest BCUT2D eigenvalue weighted by Gasteiger charge is -2.33. The van der Waals surface area contributed by atoms with Crippen LogP contribution in [0, 0.1) is 47.4 Å². The van der Waals surface area contributed by atoms with Gasteiger partial charge in [0.2, 0.25) is 0 Å². The van der Waals surface area contributed by atoms with E-state index >= 15 is 0 Å². The van der Waals surface area contributed by atoms with Gasteiger partial charge in [-0.05, 0) is 112 Å². The zero-order chi connectivity index (χ0) is 36.9. The van der Waals surface area contributed by atoms with Gasteiger partial charge in [-0.15, -0.1) is 5.92 Å². The Hall–Kier alpha value is -4.20. The first-order valence-electron chi connectivity index (χ1n) is 19.6. The van der Waals surface area contributed by atoms with Crippen molar-refractivity contribution in [2.24, 2.45) is 40.1 Å². The first-order valence-corrected chi connectivity index (χ1v) is 19.6. The number of rotatable bonds is 13. The zero-order valence-corrected chi connectivity index (χ0v) is 31.5. The monoisotopic (exact) mass is 705 g/mol. The summed E-state index contributed by atoms with van der Waals surface area (Å²) in [6.45, 7) is 4.88. The molecule has 1 fully saturated rings. The van der Waals surface area contributed by atoms with E-state index < -0.39 is 0 Å². The van der Waals surface area contributed by atoms with Crippen LogP contribution >= 0.6 is 0 Å². The predicted molar refractivity (Wildman–Crippen MR) is 210 cm³/mol. The molecule has 6 rings (SSSR count). The Kier molecular flexibility index (Phi) is 14.7. The summed E-state index contributed by atoms with van der Waals surface area (Å²) < 4.78 is 12.6. The fraction of sp³-hybridized carbons (Fsp3) is 0.556. The number of allylic oxidation sites excluding steroid dienone is 2. The van der Waals surface area contributed by atoms with E-state index in [0.29, 0.717) is 44.0 Å². The van der Waals surface area contributed by atoms with E-state index in [-0.39, 0.29) is 53.3 Å². The van der Waals surface area contributed by atoms with E-state index in [1.54, 1.807) is 13.2 Å². The second kappa shape index (κ2) is 19.6. The van der Waals surface area contributed by atoms with Crippen LogP contribution in [-0.2, 0) is 22.4 Å². The number of phenols is 1. The molecule has 4 aliphatic carbocycles. The highest BCUT2D eigenvalue weighted by molar-refractivity contribution is 5.89. The summed E-state index contributed by atoms with van der Waals surface area (Å²) >= 11 is 0. The maximum Gasteiger partial charge on any atom is 0.186 e. The average Bonchev–Trinajstić information content (AvgIpc) is 3.64. The van der Waals surface area contributed by atoms with Crippen molar-refractivity contribution in [3.05, 3.63) is 70.8 Å². The van der Waals surface area contributed by atoms with Gasteiger partial charge >= 0.3 is 0 Å². The van der Waals surface area contributed by atoms with Crippen molar-refractivity contribution in [3.8, 4) is 35.2 Å². The summed E-state index contributed by atoms with van der Waals surface area (Å²) in [4.78, 5) is 18.0. The maximum absolute atomic E-state index is 13.1. The Labute approximate surface area is 312 Å². The number of methoxy groups -OCH3 is 1. The third-order valence-corrected chi connectivity index (χ3v) is 11.1. The lowest BCUT2D eigenvalue weighted by Crippen LogP contribution is -2.33. The van der Waals surface area contributed by atoms with Crippen molar-refractivity contribution < 1.29 is 19.4 Å². The molecule has 0 unspecified atom stereocenters. The highest BCUT2D eigenvalue weighted by Gasteiger charge is 2.36. The van der Waals surface area contributed by atoms with E-state index in [0.717, 1.165) is 80.9 Å². The van der Waals surface area contributed by atoms with E-state index in [9.17, 15) is 9.90 Å². The van der Waals surface area contributed by atoms with Crippen LogP contribution in [0.15, 0.2) is 53.5 Å². The molecule has 5 N–H and O–H groups in total. The standard InChI is InChI=1S/C45H59N3O4/c1-4-5-7-17-36(49)23-21-34-29-42(52-37-18-10-11-19-37)44(50)43-39(34)26-25-38-33(28-32-14-8-6-9-15-32)16-12-13-31(2)20-24-40(43)35(30-51-3)22-27-41(38)48-45(46)47/h6-9,14-15,17,29,31,33,35,37-38,40-41,50H,4-5,10-11,13,18-24,27-28,30H2,1-3H3,(H4,46,47,48)/t31-,33-,35-,38+,40+,41-/m0/s1. The van der Waals surface area contributed by atoms with Crippen LogP contribution < -0.4 is 16.2 Å². The molecule has 7 heteroatoms. The van der Waals surface area contributed by atoms with Gasteiger partial charge in [0.1, 0.15) is 0 Å². The van der Waals surface area contributed by atoms with Crippen molar-refractivity contribution in [1.29, 1.82) is 0 Å². The summed E-state index contributed by atoms with van der Waals surface area (Å²) in [5.74, 6) is 15.3. The highest BCUT2D eigenvalue weighted by atomic mass is 16.5. The van der Waals surface area contributed by atoms with Gasteiger partial charge in [-0.1, -0.05) is 74.4 Å². The zero-order valence-electron chi connectivity index (χ0n) is 31.5. The molecule has 278 valence electrons. The van der Waals surface area contributed by atoms with Crippen LogP contribution in [0.3, 0.4) is 0 Å². The molecule has 0 spiro atoms. The number of benzene rings is 2. The number of aryl methyl sites for hydroxylation is 1. The third-order valence-electron chi connectivity index (χ3n) is 11.1. The summed E-state index contributed by atoms with van der Waals surface area (Å²) in [5, 5.41) is 12.4. The van der Waals surface area contributed by atoms with E-state index in [1.165, 1.54) is 5.56 Å². The van der Waals surface area contributed by atoms with E-state index in [2.05, 4.69) is 61.8 Å². The molecule has 2 aromatic rings. The Morgan fingerprint density at radius 2 is 1.85 bits per heavy atom. The van der Waals surface area contributed by atoms with Crippen molar-refractivity contribution in [2.45, 2.75) is 122 Å². The van der Waals surface area contributed by atoms with Crippen molar-refractivity contribution in [1.82, 2.24) is 0 Å². The molecule has 4 aliphatic rings. The normalized spacial score (nSPS) is 24.8. The number of carbonyl (C=O) groups is 1. The van der Waals surface area contributed by atoms with Gasteiger partial charge in [-0.3, -0.25) is 4.79 Å². The minimum absolute atomic E-state index is 0.0418. The Bertz CT molecular complexity index is 1670. The average molecular weight is 706 g/mol. The molecule has 0 amide bonds. The van der Waals surface area contributed by atoms with Gasteiger partial charge in [0, 0.05) is 43.6 Å². The number of phenolic OH excluding ortho intramolecular Hbond substituents is 1. The van der Waals surface area contributed by atoms with Crippen LogP contribution in [0.1, 0.15) is 119 Å². The van der Waals surface area contributed by atoms with Gasteiger partial charge in [0.15, 0.2) is 23.2 Å². The lowest BCUT2D eigenvalue weighted by molar-refractivity contribution is -0.114. The molecular weight excluding hydrogens is 647 g/mol. The number of hydrogen-bond acceptors (Lipinski definition) is 5. The number of fused-ring (bicyclic) bond motifs is 8. The molecule has 0 aliphatic heterocycles. The Morgan fingerprint density at radius 1 is 1.06 bits per heavy atom. The lowest BCUT2D eigenvalue weighted by atomic mass is 9.73. The molecule has 0 radical (unpaired) electrons. The molecule has 2 aromatic carbocycles. The number of ketones is 1. The van der Waals surface area contributed by atoms with Crippen molar-refractivity contribution in [3.63, 3.8) is 0 Å². The summed E-state index contributed by atoms with van der Waals surface area (Å²) in [7, 11) is 1.75. The molecule has 6 atom stereocenters. The molecule has 0 saturated heterocycles. The SMILES string of the molecule is CCCC=CC(=O)CCc1cc(OC2CCCC2)c(O)c2c1C#C[C@H]1[C@@H](N=C(N)N)CC[C@@H](COC)[C@H]2CC[C@@H](C)CC#C[C@H]1Cc1ccccc1. The fourth-order valence-electron chi connectivity index (χ4n) is 8.24. The Morgan fingerprint density at radius 3 is 2.58 bits per heavy atom. The van der Waals surface area contributed by atoms with Crippen LogP contribution in [0.25, 0.3) is 0 Å². The topological polar surface area (TPSA) is 120 Å². The molecule has 2 bridgehead atoms. The summed E-state index contributed by atoms with van der Waals surface area (Å²) in [6, 6.07) is 12.1.